The average molecular weight is 262 g/mol. The van der Waals surface area contributed by atoms with Crippen LogP contribution in [0.5, 0.6) is 5.75 Å². The van der Waals surface area contributed by atoms with E-state index in [1.165, 1.54) is 37.9 Å². The minimum atomic E-state index is 0.673. The fourth-order valence-corrected chi connectivity index (χ4v) is 2.70. The Labute approximate surface area is 116 Å². The maximum atomic E-state index is 5.20. The molecule has 1 aliphatic rings. The van der Waals surface area contributed by atoms with E-state index in [-0.39, 0.29) is 0 Å². The second-order valence-corrected chi connectivity index (χ2v) is 5.38. The number of hydrogen-bond acceptors (Lipinski definition) is 3. The zero-order valence-corrected chi connectivity index (χ0v) is 12.2. The number of likely N-dealkylation sites (tertiary alicyclic amines) is 1. The van der Waals surface area contributed by atoms with Crippen molar-refractivity contribution >= 4 is 0 Å². The number of hydrogen-bond donors (Lipinski definition) is 1. The van der Waals surface area contributed by atoms with Crippen molar-refractivity contribution < 1.29 is 4.74 Å². The quantitative estimate of drug-likeness (QED) is 0.853. The highest BCUT2D eigenvalue weighted by atomic mass is 16.5. The van der Waals surface area contributed by atoms with E-state index in [2.05, 4.69) is 29.3 Å². The summed E-state index contributed by atoms with van der Waals surface area (Å²) in [6, 6.07) is 9.11. The van der Waals surface area contributed by atoms with Gasteiger partial charge in [-0.15, -0.1) is 0 Å². The lowest BCUT2D eigenvalue weighted by Gasteiger charge is -2.33. The van der Waals surface area contributed by atoms with Crippen molar-refractivity contribution in [2.75, 3.05) is 26.7 Å². The fourth-order valence-electron chi connectivity index (χ4n) is 2.70. The van der Waals surface area contributed by atoms with Crippen molar-refractivity contribution in [3.63, 3.8) is 0 Å². The molecule has 1 aromatic carbocycles. The number of methoxy groups -OCH3 is 1. The van der Waals surface area contributed by atoms with Crippen molar-refractivity contribution in [3.8, 4) is 5.75 Å². The van der Waals surface area contributed by atoms with Crippen LogP contribution >= 0.6 is 0 Å². The van der Waals surface area contributed by atoms with Gasteiger partial charge in [0.05, 0.1) is 7.11 Å². The summed E-state index contributed by atoms with van der Waals surface area (Å²) in [6.07, 6.45) is 3.84. The van der Waals surface area contributed by atoms with E-state index in [0.29, 0.717) is 6.04 Å². The smallest absolute Gasteiger partial charge is 0.118 e. The van der Waals surface area contributed by atoms with Gasteiger partial charge >= 0.3 is 0 Å². The number of ether oxygens (including phenoxy) is 1. The van der Waals surface area contributed by atoms with Gasteiger partial charge in [0.2, 0.25) is 0 Å². The lowest BCUT2D eigenvalue weighted by molar-refractivity contribution is 0.183. The Balaban J connectivity index is 1.83. The number of piperidine rings is 1. The molecule has 106 valence electrons. The molecular weight excluding hydrogens is 236 g/mol. The number of benzene rings is 1. The van der Waals surface area contributed by atoms with Crippen LogP contribution in [0.2, 0.25) is 0 Å². The van der Waals surface area contributed by atoms with Crippen molar-refractivity contribution in [1.29, 1.82) is 0 Å². The van der Waals surface area contributed by atoms with E-state index >= 15 is 0 Å². The highest BCUT2D eigenvalue weighted by Gasteiger charge is 2.18. The van der Waals surface area contributed by atoms with Crippen LogP contribution in [0.1, 0.15) is 31.7 Å². The Bertz CT molecular complexity index is 364. The molecule has 19 heavy (non-hydrogen) atoms. The van der Waals surface area contributed by atoms with Crippen LogP contribution in [0, 0.1) is 0 Å². The largest absolute Gasteiger partial charge is 0.497 e. The van der Waals surface area contributed by atoms with Crippen LogP contribution in [0.15, 0.2) is 24.3 Å². The molecule has 1 fully saturated rings. The highest BCUT2D eigenvalue weighted by molar-refractivity contribution is 5.27. The maximum absolute atomic E-state index is 5.20. The molecule has 1 saturated heterocycles. The fraction of sp³-hybridized carbons (Fsp3) is 0.625. The van der Waals surface area contributed by atoms with E-state index in [1.54, 1.807) is 7.11 Å². The summed E-state index contributed by atoms with van der Waals surface area (Å²) < 4.78 is 5.20. The van der Waals surface area contributed by atoms with E-state index in [9.17, 15) is 0 Å². The minimum absolute atomic E-state index is 0.673. The van der Waals surface area contributed by atoms with Gasteiger partial charge in [-0.25, -0.2) is 0 Å². The third kappa shape index (κ3) is 4.51. The maximum Gasteiger partial charge on any atom is 0.118 e. The molecule has 3 heteroatoms. The minimum Gasteiger partial charge on any atom is -0.497 e. The second kappa shape index (κ2) is 7.51. The summed E-state index contributed by atoms with van der Waals surface area (Å²) in [7, 11) is 1.71. The summed E-state index contributed by atoms with van der Waals surface area (Å²) in [5.74, 6) is 0.935. The van der Waals surface area contributed by atoms with Crippen LogP contribution in [-0.4, -0.2) is 37.7 Å². The molecule has 0 radical (unpaired) electrons. The Kier molecular flexibility index (Phi) is 5.67. The van der Waals surface area contributed by atoms with Gasteiger partial charge in [0.15, 0.2) is 0 Å². The molecular formula is C16H26N2O. The van der Waals surface area contributed by atoms with Gasteiger partial charge in [-0.05, 0) is 50.0 Å². The summed E-state index contributed by atoms with van der Waals surface area (Å²) in [5, 5.41) is 3.64. The van der Waals surface area contributed by atoms with Crippen molar-refractivity contribution in [1.82, 2.24) is 10.2 Å². The first-order valence-electron chi connectivity index (χ1n) is 7.40. The summed E-state index contributed by atoms with van der Waals surface area (Å²) in [5.41, 5.74) is 1.37. The topological polar surface area (TPSA) is 24.5 Å². The lowest BCUT2D eigenvalue weighted by Crippen LogP contribution is -2.45. The van der Waals surface area contributed by atoms with Crippen molar-refractivity contribution in [2.24, 2.45) is 0 Å². The predicted octanol–water partition coefficient (Wildman–Crippen LogP) is 2.66. The Morgan fingerprint density at radius 2 is 2.11 bits per heavy atom. The van der Waals surface area contributed by atoms with Crippen molar-refractivity contribution in [3.05, 3.63) is 29.8 Å². The van der Waals surface area contributed by atoms with Crippen LogP contribution in [0.4, 0.5) is 0 Å². The lowest BCUT2D eigenvalue weighted by atomic mass is 10.0. The first-order chi connectivity index (χ1) is 9.31. The first-order valence-corrected chi connectivity index (χ1v) is 7.40. The number of nitrogens with zero attached hydrogens (tertiary/aromatic N) is 1. The van der Waals surface area contributed by atoms with Gasteiger partial charge in [-0.1, -0.05) is 19.1 Å². The molecule has 1 unspecified atom stereocenters. The molecule has 0 bridgehead atoms. The van der Waals surface area contributed by atoms with Crippen LogP contribution in [-0.2, 0) is 6.54 Å². The van der Waals surface area contributed by atoms with E-state index in [1.807, 2.05) is 12.1 Å². The zero-order chi connectivity index (χ0) is 13.5. The Hall–Kier alpha value is -1.06. The Morgan fingerprint density at radius 1 is 1.32 bits per heavy atom. The van der Waals surface area contributed by atoms with Gasteiger partial charge in [0, 0.05) is 19.1 Å². The van der Waals surface area contributed by atoms with Crippen LogP contribution in [0.25, 0.3) is 0 Å². The summed E-state index contributed by atoms with van der Waals surface area (Å²) in [4.78, 5) is 2.55. The standard InChI is InChI=1S/C16H26N2O/c1-3-10-17-15-5-4-11-18(13-15)12-14-6-8-16(19-2)9-7-14/h6-9,15,17H,3-5,10-13H2,1-2H3. The molecule has 2 rings (SSSR count). The van der Waals surface area contributed by atoms with Gasteiger partial charge < -0.3 is 10.1 Å². The molecule has 1 atom stereocenters. The molecule has 0 spiro atoms. The molecule has 0 amide bonds. The third-order valence-electron chi connectivity index (χ3n) is 3.75. The molecule has 1 heterocycles. The van der Waals surface area contributed by atoms with Crippen LogP contribution in [0.3, 0.4) is 0 Å². The molecule has 1 N–H and O–H groups in total. The third-order valence-corrected chi connectivity index (χ3v) is 3.75. The van der Waals surface area contributed by atoms with Crippen molar-refractivity contribution in [2.45, 2.75) is 38.8 Å². The average Bonchev–Trinajstić information content (AvgIpc) is 2.46. The van der Waals surface area contributed by atoms with E-state index in [0.717, 1.165) is 18.8 Å². The second-order valence-electron chi connectivity index (χ2n) is 5.38. The SMILES string of the molecule is CCCNC1CCCN(Cc2ccc(OC)cc2)C1. The number of nitrogens with one attached hydrogen (secondary N) is 1. The monoisotopic (exact) mass is 262 g/mol. The highest BCUT2D eigenvalue weighted by Crippen LogP contribution is 2.16. The molecule has 0 aromatic heterocycles. The predicted molar refractivity (Wildman–Crippen MR) is 79.6 cm³/mol. The normalized spacial score (nSPS) is 20.4. The molecule has 1 aromatic rings. The Morgan fingerprint density at radius 3 is 2.79 bits per heavy atom. The van der Waals surface area contributed by atoms with Gasteiger partial charge in [0.25, 0.3) is 0 Å². The van der Waals surface area contributed by atoms with Crippen LogP contribution < -0.4 is 10.1 Å². The number of rotatable bonds is 6. The molecule has 0 aliphatic carbocycles. The van der Waals surface area contributed by atoms with Gasteiger partial charge in [0.1, 0.15) is 5.75 Å². The van der Waals surface area contributed by atoms with Gasteiger partial charge in [-0.2, -0.15) is 0 Å². The van der Waals surface area contributed by atoms with E-state index in [4.69, 9.17) is 4.74 Å². The molecule has 0 saturated carbocycles. The molecule has 3 nitrogen and oxygen atoms in total. The zero-order valence-electron chi connectivity index (χ0n) is 12.2. The summed E-state index contributed by atoms with van der Waals surface area (Å²) in [6.45, 7) is 6.81. The molecule has 1 aliphatic heterocycles. The van der Waals surface area contributed by atoms with Gasteiger partial charge in [-0.3, -0.25) is 4.90 Å². The first kappa shape index (κ1) is 14.4. The summed E-state index contributed by atoms with van der Waals surface area (Å²) >= 11 is 0. The van der Waals surface area contributed by atoms with E-state index < -0.39 is 0 Å².